The Bertz CT molecular complexity index is 1710. The Hall–Kier alpha value is -4.92. The number of aryl methyl sites for hydroxylation is 1. The number of ether oxygens (including phenoxy) is 1. The topological polar surface area (TPSA) is 134 Å². The minimum absolute atomic E-state index is 0.0194. The number of carbonyl (C=O) groups excluding carboxylic acids is 1. The molecule has 0 saturated carbocycles. The number of H-pyrrole nitrogens is 2. The number of hydrogen-bond donors (Lipinski definition) is 3. The van der Waals surface area contributed by atoms with Crippen molar-refractivity contribution in [2.24, 2.45) is 4.99 Å². The number of nitrogens with zero attached hydrogens (tertiary/aromatic N) is 2. The van der Waals surface area contributed by atoms with Crippen LogP contribution in [0, 0.1) is 17.0 Å². The number of nitrogens with one attached hydrogen (secondary N) is 2. The lowest BCUT2D eigenvalue weighted by molar-refractivity contribution is -0.385. The van der Waals surface area contributed by atoms with Crippen molar-refractivity contribution >= 4 is 17.7 Å². The van der Waals surface area contributed by atoms with Crippen molar-refractivity contribution in [1.29, 1.82) is 0 Å². The average molecular weight is 511 g/mol. The first-order valence-corrected chi connectivity index (χ1v) is 12.2. The second-order valence-electron chi connectivity index (χ2n) is 9.05. The maximum absolute atomic E-state index is 12.9. The predicted molar refractivity (Wildman–Crippen MR) is 142 cm³/mol. The molecule has 2 aromatic carbocycles. The Morgan fingerprint density at radius 3 is 2.61 bits per heavy atom. The first-order chi connectivity index (χ1) is 18.3. The highest BCUT2D eigenvalue weighted by Gasteiger charge is 2.34. The van der Waals surface area contributed by atoms with E-state index in [0.717, 1.165) is 5.56 Å². The van der Waals surface area contributed by atoms with E-state index in [1.165, 1.54) is 6.07 Å². The smallest absolute Gasteiger partial charge is 0.336 e. The van der Waals surface area contributed by atoms with Gasteiger partial charge in [0.2, 0.25) is 0 Å². The SMILES string of the molecule is CCOC(=O)C1=C(C)N=c2[nH]c(=Cc3ccc(-c4ccc(C)c([N+](=O)[O-])c4)[nH]3)c(O)c2C1c1ccccc1. The molecular formula is C29H26N4O5. The van der Waals surface area contributed by atoms with Crippen LogP contribution in [0.5, 0.6) is 5.75 Å². The van der Waals surface area contributed by atoms with Gasteiger partial charge in [-0.2, -0.15) is 0 Å². The summed E-state index contributed by atoms with van der Waals surface area (Å²) in [6.45, 7) is 5.42. The average Bonchev–Trinajstić information content (AvgIpc) is 3.48. The van der Waals surface area contributed by atoms with E-state index in [1.54, 1.807) is 32.9 Å². The monoisotopic (exact) mass is 510 g/mol. The highest BCUT2D eigenvalue weighted by molar-refractivity contribution is 5.92. The molecule has 1 unspecified atom stereocenters. The number of nitro groups is 1. The Kier molecular flexibility index (Phi) is 6.42. The van der Waals surface area contributed by atoms with Crippen LogP contribution in [0.4, 0.5) is 5.69 Å². The van der Waals surface area contributed by atoms with Gasteiger partial charge in [0.25, 0.3) is 5.69 Å². The molecule has 0 spiro atoms. The maximum atomic E-state index is 12.9. The zero-order valence-electron chi connectivity index (χ0n) is 21.1. The second-order valence-corrected chi connectivity index (χ2v) is 9.05. The van der Waals surface area contributed by atoms with E-state index in [0.29, 0.717) is 50.2 Å². The third kappa shape index (κ3) is 4.39. The van der Waals surface area contributed by atoms with E-state index in [2.05, 4.69) is 15.0 Å². The molecule has 0 fully saturated rings. The van der Waals surface area contributed by atoms with Crippen molar-refractivity contribution in [2.75, 3.05) is 6.61 Å². The normalized spacial score (nSPS) is 15.2. The summed E-state index contributed by atoms with van der Waals surface area (Å²) >= 11 is 0. The third-order valence-corrected chi connectivity index (χ3v) is 6.62. The van der Waals surface area contributed by atoms with Crippen molar-refractivity contribution in [3.63, 3.8) is 0 Å². The van der Waals surface area contributed by atoms with Crippen molar-refractivity contribution in [2.45, 2.75) is 26.7 Å². The first kappa shape index (κ1) is 24.8. The van der Waals surface area contributed by atoms with Crippen LogP contribution in [-0.4, -0.2) is 32.6 Å². The number of esters is 1. The van der Waals surface area contributed by atoms with Gasteiger partial charge in [0, 0.05) is 28.6 Å². The van der Waals surface area contributed by atoms with Crippen molar-refractivity contribution in [1.82, 2.24) is 9.97 Å². The van der Waals surface area contributed by atoms with Gasteiger partial charge in [0.05, 0.1) is 39.6 Å². The van der Waals surface area contributed by atoms with Gasteiger partial charge in [-0.15, -0.1) is 0 Å². The van der Waals surface area contributed by atoms with Gasteiger partial charge in [0.1, 0.15) is 11.2 Å². The molecule has 192 valence electrons. The van der Waals surface area contributed by atoms with Crippen LogP contribution in [0.15, 0.2) is 76.9 Å². The largest absolute Gasteiger partial charge is 0.505 e. The van der Waals surface area contributed by atoms with E-state index >= 15 is 0 Å². The summed E-state index contributed by atoms with van der Waals surface area (Å²) in [6.07, 6.45) is 1.73. The molecule has 3 heterocycles. The fourth-order valence-electron chi connectivity index (χ4n) is 4.81. The summed E-state index contributed by atoms with van der Waals surface area (Å²) in [4.78, 5) is 34.9. The number of aromatic hydroxyl groups is 1. The van der Waals surface area contributed by atoms with Crippen LogP contribution in [0.1, 0.15) is 42.1 Å². The predicted octanol–water partition coefficient (Wildman–Crippen LogP) is 4.36. The number of allylic oxidation sites excluding steroid dienone is 1. The van der Waals surface area contributed by atoms with E-state index in [1.807, 2.05) is 48.5 Å². The van der Waals surface area contributed by atoms with Crippen LogP contribution >= 0.6 is 0 Å². The Labute approximate surface area is 218 Å². The van der Waals surface area contributed by atoms with Crippen molar-refractivity contribution in [3.05, 3.63) is 115 Å². The van der Waals surface area contributed by atoms with Crippen LogP contribution < -0.4 is 10.8 Å². The number of benzene rings is 2. The third-order valence-electron chi connectivity index (χ3n) is 6.62. The summed E-state index contributed by atoms with van der Waals surface area (Å²) in [7, 11) is 0. The van der Waals surface area contributed by atoms with E-state index in [-0.39, 0.29) is 18.0 Å². The molecule has 0 bridgehead atoms. The molecule has 9 nitrogen and oxygen atoms in total. The minimum atomic E-state index is -0.562. The van der Waals surface area contributed by atoms with Gasteiger partial charge >= 0.3 is 5.97 Å². The summed E-state index contributed by atoms with van der Waals surface area (Å²) in [5, 5.41) is 23.1. The van der Waals surface area contributed by atoms with Crippen LogP contribution in [-0.2, 0) is 9.53 Å². The molecule has 1 aliphatic heterocycles. The van der Waals surface area contributed by atoms with Crippen LogP contribution in [0.25, 0.3) is 17.3 Å². The van der Waals surface area contributed by atoms with Crippen molar-refractivity contribution < 1.29 is 19.6 Å². The molecule has 5 rings (SSSR count). The molecule has 1 atom stereocenters. The van der Waals surface area contributed by atoms with Crippen LogP contribution in [0.3, 0.4) is 0 Å². The van der Waals surface area contributed by atoms with Gasteiger partial charge in [-0.05, 0) is 44.5 Å². The Morgan fingerprint density at radius 1 is 1.13 bits per heavy atom. The maximum Gasteiger partial charge on any atom is 0.336 e. The van der Waals surface area contributed by atoms with E-state index in [4.69, 9.17) is 4.74 Å². The molecule has 9 heteroatoms. The number of nitro benzene ring substituents is 1. The lowest BCUT2D eigenvalue weighted by Crippen LogP contribution is -2.26. The number of rotatable bonds is 6. The molecule has 0 aliphatic carbocycles. The number of fused-ring (bicyclic) bond motifs is 1. The standard InChI is InChI=1S/C29H26N4O5/c1-4-38-29(35)24-17(3)30-28-26(25(24)18-8-6-5-7-9-18)27(34)22(32-28)15-20-12-13-21(31-20)19-11-10-16(2)23(14-19)33(36)37/h5-15,25,31,34H,4H2,1-3H3,(H,30,32). The first-order valence-electron chi connectivity index (χ1n) is 12.2. The lowest BCUT2D eigenvalue weighted by atomic mass is 9.83. The van der Waals surface area contributed by atoms with Gasteiger partial charge in [0.15, 0.2) is 0 Å². The highest BCUT2D eigenvalue weighted by Crippen LogP contribution is 2.38. The molecule has 0 amide bonds. The fourth-order valence-corrected chi connectivity index (χ4v) is 4.81. The number of aromatic nitrogens is 2. The minimum Gasteiger partial charge on any atom is -0.505 e. The Morgan fingerprint density at radius 2 is 1.89 bits per heavy atom. The second kappa shape index (κ2) is 9.85. The molecule has 1 aliphatic rings. The van der Waals surface area contributed by atoms with Crippen LogP contribution in [0.2, 0.25) is 0 Å². The van der Waals surface area contributed by atoms with E-state index in [9.17, 15) is 20.0 Å². The van der Waals surface area contributed by atoms with Crippen molar-refractivity contribution in [3.8, 4) is 17.0 Å². The van der Waals surface area contributed by atoms with Gasteiger partial charge in [-0.1, -0.05) is 42.5 Å². The molecule has 38 heavy (non-hydrogen) atoms. The molecular weight excluding hydrogens is 484 g/mol. The zero-order valence-corrected chi connectivity index (χ0v) is 21.1. The molecule has 4 aromatic rings. The van der Waals surface area contributed by atoms with Gasteiger partial charge < -0.3 is 19.8 Å². The summed E-state index contributed by atoms with van der Waals surface area (Å²) in [6, 6.07) is 18.2. The summed E-state index contributed by atoms with van der Waals surface area (Å²) in [5.74, 6) is -1.05. The fraction of sp³-hybridized carbons (Fsp3) is 0.172. The number of hydrogen-bond acceptors (Lipinski definition) is 6. The van der Waals surface area contributed by atoms with Gasteiger partial charge in [-0.25, -0.2) is 9.79 Å². The molecule has 0 saturated heterocycles. The summed E-state index contributed by atoms with van der Waals surface area (Å²) < 4.78 is 5.33. The molecule has 2 aromatic heterocycles. The summed E-state index contributed by atoms with van der Waals surface area (Å²) in [5.41, 5.74) is 5.37. The zero-order chi connectivity index (χ0) is 27.0. The number of carbonyl (C=O) groups is 1. The highest BCUT2D eigenvalue weighted by atomic mass is 16.6. The lowest BCUT2D eigenvalue weighted by Gasteiger charge is -2.23. The Balaban J connectivity index is 1.60. The van der Waals surface area contributed by atoms with Gasteiger partial charge in [-0.3, -0.25) is 10.1 Å². The quantitative estimate of drug-likeness (QED) is 0.201. The van der Waals surface area contributed by atoms with E-state index < -0.39 is 16.8 Å². The number of aromatic amines is 2. The molecule has 3 N–H and O–H groups in total. The molecule has 0 radical (unpaired) electrons.